The monoisotopic (exact) mass is 346 g/mol. The average molecular weight is 347 g/mol. The Morgan fingerprint density at radius 1 is 1.17 bits per heavy atom. The van der Waals surface area contributed by atoms with E-state index in [9.17, 15) is 4.39 Å². The van der Waals surface area contributed by atoms with E-state index in [-0.39, 0.29) is 5.82 Å². The van der Waals surface area contributed by atoms with E-state index in [0.29, 0.717) is 5.02 Å². The highest BCUT2D eigenvalue weighted by Gasteiger charge is 2.07. The number of aryl methyl sites for hydroxylation is 1. The number of nitrogens with zero attached hydrogens (tertiary/aromatic N) is 2. The van der Waals surface area contributed by atoms with Crippen LogP contribution < -0.4 is 4.80 Å². The molecule has 3 rings (SSSR count). The Kier molecular flexibility index (Phi) is 4.64. The van der Waals surface area contributed by atoms with E-state index >= 15 is 0 Å². The summed E-state index contributed by atoms with van der Waals surface area (Å²) in [6.45, 7) is 4.83. The Morgan fingerprint density at radius 2 is 1.91 bits per heavy atom. The summed E-state index contributed by atoms with van der Waals surface area (Å²) in [4.78, 5) is 5.60. The number of benzene rings is 2. The second-order valence-corrected chi connectivity index (χ2v) is 6.44. The highest BCUT2D eigenvalue weighted by atomic mass is 35.5. The third kappa shape index (κ3) is 3.38. The van der Waals surface area contributed by atoms with Crippen molar-refractivity contribution in [1.82, 2.24) is 4.57 Å². The number of halogens is 2. The van der Waals surface area contributed by atoms with Gasteiger partial charge in [-0.3, -0.25) is 0 Å². The van der Waals surface area contributed by atoms with Crippen LogP contribution in [0.2, 0.25) is 5.02 Å². The first-order valence-electron chi connectivity index (χ1n) is 7.33. The standard InChI is InChI=1S/C18H16ClFN2S/c1-3-22-17(13-5-7-14(20)8-6-13)11-23-18(22)21-15-9-4-12(2)16(19)10-15/h4-11H,3H2,1-2H3. The summed E-state index contributed by atoms with van der Waals surface area (Å²) in [5.41, 5.74) is 3.88. The Bertz CT molecular complexity index is 894. The van der Waals surface area contributed by atoms with E-state index < -0.39 is 0 Å². The highest BCUT2D eigenvalue weighted by Crippen LogP contribution is 2.23. The molecule has 0 bridgehead atoms. The van der Waals surface area contributed by atoms with E-state index in [2.05, 4.69) is 11.5 Å². The van der Waals surface area contributed by atoms with Gasteiger partial charge in [0.2, 0.25) is 0 Å². The molecule has 0 unspecified atom stereocenters. The number of hydrogen-bond donors (Lipinski definition) is 0. The van der Waals surface area contributed by atoms with Gasteiger partial charge in [0.25, 0.3) is 0 Å². The van der Waals surface area contributed by atoms with Gasteiger partial charge >= 0.3 is 0 Å². The molecule has 5 heteroatoms. The molecule has 0 radical (unpaired) electrons. The second kappa shape index (κ2) is 6.69. The van der Waals surface area contributed by atoms with Crippen LogP contribution in [0.5, 0.6) is 0 Å². The van der Waals surface area contributed by atoms with E-state index in [1.165, 1.54) is 12.1 Å². The normalized spacial score (nSPS) is 11.9. The molecule has 3 aromatic rings. The summed E-state index contributed by atoms with van der Waals surface area (Å²) in [6, 6.07) is 12.3. The summed E-state index contributed by atoms with van der Waals surface area (Å²) in [7, 11) is 0. The summed E-state index contributed by atoms with van der Waals surface area (Å²) < 4.78 is 15.2. The molecular formula is C18H16ClFN2S. The number of thiazole rings is 1. The molecular weight excluding hydrogens is 331 g/mol. The maximum absolute atomic E-state index is 13.1. The molecule has 0 aliphatic carbocycles. The van der Waals surface area contributed by atoms with Gasteiger partial charge < -0.3 is 4.57 Å². The fraction of sp³-hybridized carbons (Fsp3) is 0.167. The smallest absolute Gasteiger partial charge is 0.190 e. The van der Waals surface area contributed by atoms with Gasteiger partial charge in [-0.25, -0.2) is 9.38 Å². The lowest BCUT2D eigenvalue weighted by atomic mass is 10.2. The van der Waals surface area contributed by atoms with Gasteiger partial charge in [0.1, 0.15) is 5.82 Å². The van der Waals surface area contributed by atoms with Gasteiger partial charge in [-0.1, -0.05) is 17.7 Å². The quantitative estimate of drug-likeness (QED) is 0.590. The molecule has 0 atom stereocenters. The zero-order valence-electron chi connectivity index (χ0n) is 12.9. The molecule has 0 aliphatic rings. The van der Waals surface area contributed by atoms with Crippen LogP contribution >= 0.6 is 22.9 Å². The Morgan fingerprint density at radius 3 is 2.57 bits per heavy atom. The summed E-state index contributed by atoms with van der Waals surface area (Å²) in [5, 5.41) is 2.76. The average Bonchev–Trinajstić information content (AvgIpc) is 2.94. The van der Waals surface area contributed by atoms with Crippen LogP contribution in [0.1, 0.15) is 12.5 Å². The minimum Gasteiger partial charge on any atom is -0.317 e. The van der Waals surface area contributed by atoms with Crippen molar-refractivity contribution < 1.29 is 4.39 Å². The molecule has 2 nitrogen and oxygen atoms in total. The molecule has 0 saturated carbocycles. The first-order valence-corrected chi connectivity index (χ1v) is 8.59. The van der Waals surface area contributed by atoms with E-state index in [1.807, 2.05) is 30.5 Å². The molecule has 0 aliphatic heterocycles. The van der Waals surface area contributed by atoms with Crippen molar-refractivity contribution in [2.75, 3.05) is 0 Å². The zero-order chi connectivity index (χ0) is 16.4. The minimum atomic E-state index is -0.230. The van der Waals surface area contributed by atoms with Gasteiger partial charge in [0.15, 0.2) is 4.80 Å². The molecule has 118 valence electrons. The van der Waals surface area contributed by atoms with Gasteiger partial charge in [-0.15, -0.1) is 11.3 Å². The van der Waals surface area contributed by atoms with E-state index in [1.54, 1.807) is 23.5 Å². The zero-order valence-corrected chi connectivity index (χ0v) is 14.5. The van der Waals surface area contributed by atoms with Crippen LogP contribution in [0.4, 0.5) is 10.1 Å². The van der Waals surface area contributed by atoms with Crippen molar-refractivity contribution in [1.29, 1.82) is 0 Å². The maximum atomic E-state index is 13.1. The van der Waals surface area contributed by atoms with Gasteiger partial charge in [-0.05, 0) is 61.4 Å². The van der Waals surface area contributed by atoms with Crippen LogP contribution in [0, 0.1) is 12.7 Å². The highest BCUT2D eigenvalue weighted by molar-refractivity contribution is 7.07. The molecule has 0 N–H and O–H groups in total. The molecule has 0 saturated heterocycles. The molecule has 1 heterocycles. The van der Waals surface area contributed by atoms with Crippen molar-refractivity contribution in [3.05, 3.63) is 69.0 Å². The minimum absolute atomic E-state index is 0.230. The lowest BCUT2D eigenvalue weighted by molar-refractivity contribution is 0.628. The van der Waals surface area contributed by atoms with Crippen molar-refractivity contribution in [2.45, 2.75) is 20.4 Å². The second-order valence-electron chi connectivity index (χ2n) is 5.20. The first-order chi connectivity index (χ1) is 11.1. The Hall–Kier alpha value is -1.91. The maximum Gasteiger partial charge on any atom is 0.190 e. The molecule has 2 aromatic carbocycles. The van der Waals surface area contributed by atoms with Crippen molar-refractivity contribution in [2.24, 2.45) is 4.99 Å². The van der Waals surface area contributed by atoms with Crippen LogP contribution in [0.3, 0.4) is 0 Å². The first kappa shape index (κ1) is 16.0. The Labute approximate surface area is 143 Å². The third-order valence-electron chi connectivity index (χ3n) is 3.63. The lowest BCUT2D eigenvalue weighted by Crippen LogP contribution is -2.14. The lowest BCUT2D eigenvalue weighted by Gasteiger charge is -2.06. The van der Waals surface area contributed by atoms with Gasteiger partial charge in [0, 0.05) is 16.9 Å². The Balaban J connectivity index is 2.08. The molecule has 0 amide bonds. The van der Waals surface area contributed by atoms with Crippen LogP contribution in [0.15, 0.2) is 52.8 Å². The molecule has 0 spiro atoms. The van der Waals surface area contributed by atoms with Gasteiger partial charge in [-0.2, -0.15) is 0 Å². The molecule has 0 fully saturated rings. The molecule has 23 heavy (non-hydrogen) atoms. The number of rotatable bonds is 3. The number of aromatic nitrogens is 1. The summed E-state index contributed by atoms with van der Waals surface area (Å²) in [5.74, 6) is -0.230. The van der Waals surface area contributed by atoms with Crippen LogP contribution in [-0.2, 0) is 6.54 Å². The number of hydrogen-bond acceptors (Lipinski definition) is 2. The van der Waals surface area contributed by atoms with Crippen molar-refractivity contribution in [3.8, 4) is 11.3 Å². The fourth-order valence-electron chi connectivity index (χ4n) is 2.34. The summed E-state index contributed by atoms with van der Waals surface area (Å²) in [6.07, 6.45) is 0. The van der Waals surface area contributed by atoms with Crippen LogP contribution in [-0.4, -0.2) is 4.57 Å². The van der Waals surface area contributed by atoms with E-state index in [4.69, 9.17) is 16.6 Å². The van der Waals surface area contributed by atoms with Crippen LogP contribution in [0.25, 0.3) is 11.3 Å². The van der Waals surface area contributed by atoms with Crippen molar-refractivity contribution >= 4 is 28.6 Å². The SMILES string of the molecule is CCn1c(-c2ccc(F)cc2)csc1=Nc1ccc(C)c(Cl)c1. The third-order valence-corrected chi connectivity index (χ3v) is 4.90. The largest absolute Gasteiger partial charge is 0.317 e. The fourth-order valence-corrected chi connectivity index (χ4v) is 3.51. The predicted octanol–water partition coefficient (Wildman–Crippen LogP) is 5.57. The predicted molar refractivity (Wildman–Crippen MR) is 94.8 cm³/mol. The van der Waals surface area contributed by atoms with E-state index in [0.717, 1.165) is 33.9 Å². The topological polar surface area (TPSA) is 17.3 Å². The van der Waals surface area contributed by atoms with Gasteiger partial charge in [0.05, 0.1) is 11.4 Å². The summed E-state index contributed by atoms with van der Waals surface area (Å²) >= 11 is 7.73. The van der Waals surface area contributed by atoms with Crippen molar-refractivity contribution in [3.63, 3.8) is 0 Å². The molecule has 1 aromatic heterocycles.